The third kappa shape index (κ3) is 4.83. The van der Waals surface area contributed by atoms with Crippen LogP contribution in [0.4, 0.5) is 10.1 Å². The van der Waals surface area contributed by atoms with Crippen molar-refractivity contribution in [2.45, 2.75) is 6.42 Å². The maximum absolute atomic E-state index is 12.9. The lowest BCUT2D eigenvalue weighted by Crippen LogP contribution is -2.30. The number of hydrogen-bond acceptors (Lipinski definition) is 3. The number of carbonyl (C=O) groups excluding carboxylic acids is 1. The number of nitrogens with zero attached hydrogens (tertiary/aromatic N) is 1. The number of rotatable bonds is 5. The van der Waals surface area contributed by atoms with Crippen LogP contribution in [0, 0.1) is 17.1 Å². The standard InChI is InChI=1S/C11H11BrFN3O/c12-9-6-8(2-3-10(9)13)16-7-11(17)15-5-1-4-14/h2-3,6,16H,1,5,7H2,(H,15,17). The first-order valence-corrected chi connectivity index (χ1v) is 5.75. The van der Waals surface area contributed by atoms with Gasteiger partial charge in [-0.1, -0.05) is 0 Å². The molecule has 4 nitrogen and oxygen atoms in total. The van der Waals surface area contributed by atoms with Crippen molar-refractivity contribution in [1.29, 1.82) is 5.26 Å². The molecular formula is C11H11BrFN3O. The van der Waals surface area contributed by atoms with Gasteiger partial charge in [-0.2, -0.15) is 5.26 Å². The molecule has 0 aromatic heterocycles. The van der Waals surface area contributed by atoms with E-state index in [1.165, 1.54) is 6.07 Å². The molecule has 17 heavy (non-hydrogen) atoms. The monoisotopic (exact) mass is 299 g/mol. The van der Waals surface area contributed by atoms with E-state index in [1.54, 1.807) is 12.1 Å². The Balaban J connectivity index is 2.37. The maximum atomic E-state index is 12.9. The Morgan fingerprint density at radius 2 is 2.29 bits per heavy atom. The zero-order chi connectivity index (χ0) is 12.7. The minimum Gasteiger partial charge on any atom is -0.376 e. The van der Waals surface area contributed by atoms with E-state index >= 15 is 0 Å². The Hall–Kier alpha value is -1.61. The molecule has 1 aromatic rings. The Morgan fingerprint density at radius 3 is 2.94 bits per heavy atom. The summed E-state index contributed by atoms with van der Waals surface area (Å²) >= 11 is 3.05. The van der Waals surface area contributed by atoms with Gasteiger partial charge in [-0.05, 0) is 34.1 Å². The normalized spacial score (nSPS) is 9.47. The number of carbonyl (C=O) groups is 1. The van der Waals surface area contributed by atoms with Gasteiger partial charge in [-0.15, -0.1) is 0 Å². The van der Waals surface area contributed by atoms with Crippen molar-refractivity contribution in [3.63, 3.8) is 0 Å². The van der Waals surface area contributed by atoms with Gasteiger partial charge in [-0.25, -0.2) is 4.39 Å². The fraction of sp³-hybridized carbons (Fsp3) is 0.273. The van der Waals surface area contributed by atoms with Crippen LogP contribution < -0.4 is 10.6 Å². The summed E-state index contributed by atoms with van der Waals surface area (Å²) < 4.78 is 13.3. The van der Waals surface area contributed by atoms with Gasteiger partial charge in [0.1, 0.15) is 5.82 Å². The van der Waals surface area contributed by atoms with Gasteiger partial charge < -0.3 is 10.6 Å². The van der Waals surface area contributed by atoms with Crippen LogP contribution in [0.25, 0.3) is 0 Å². The van der Waals surface area contributed by atoms with Crippen LogP contribution in [0.1, 0.15) is 6.42 Å². The van der Waals surface area contributed by atoms with E-state index in [9.17, 15) is 9.18 Å². The Morgan fingerprint density at radius 1 is 1.53 bits per heavy atom. The highest BCUT2D eigenvalue weighted by molar-refractivity contribution is 9.10. The van der Waals surface area contributed by atoms with Gasteiger partial charge in [-0.3, -0.25) is 4.79 Å². The lowest BCUT2D eigenvalue weighted by atomic mass is 10.3. The Kier molecular flexibility index (Phi) is 5.43. The van der Waals surface area contributed by atoms with Gasteiger partial charge in [0.05, 0.1) is 23.5 Å². The molecule has 0 fully saturated rings. The number of anilines is 1. The van der Waals surface area contributed by atoms with Crippen LogP contribution in [0.15, 0.2) is 22.7 Å². The highest BCUT2D eigenvalue weighted by atomic mass is 79.9. The van der Waals surface area contributed by atoms with Crippen LogP contribution >= 0.6 is 15.9 Å². The molecule has 0 saturated carbocycles. The summed E-state index contributed by atoms with van der Waals surface area (Å²) in [6.45, 7) is 0.424. The molecule has 0 aliphatic heterocycles. The summed E-state index contributed by atoms with van der Waals surface area (Å²) in [6.07, 6.45) is 0.286. The van der Waals surface area contributed by atoms with Gasteiger partial charge >= 0.3 is 0 Å². The molecule has 0 spiro atoms. The van der Waals surface area contributed by atoms with Gasteiger partial charge in [0.15, 0.2) is 0 Å². The van der Waals surface area contributed by atoms with Crippen LogP contribution in [0.2, 0.25) is 0 Å². The molecule has 0 bridgehead atoms. The molecule has 0 aliphatic carbocycles. The second-order valence-electron chi connectivity index (χ2n) is 3.24. The Labute approximate surface area is 107 Å². The third-order valence-electron chi connectivity index (χ3n) is 1.93. The number of halogens is 2. The van der Waals surface area contributed by atoms with Crippen molar-refractivity contribution >= 4 is 27.5 Å². The number of nitrogens with one attached hydrogen (secondary N) is 2. The number of benzene rings is 1. The first-order valence-electron chi connectivity index (χ1n) is 4.96. The third-order valence-corrected chi connectivity index (χ3v) is 2.54. The molecule has 6 heteroatoms. The minimum absolute atomic E-state index is 0.0868. The lowest BCUT2D eigenvalue weighted by Gasteiger charge is -2.07. The highest BCUT2D eigenvalue weighted by Crippen LogP contribution is 2.19. The highest BCUT2D eigenvalue weighted by Gasteiger charge is 2.02. The van der Waals surface area contributed by atoms with E-state index < -0.39 is 0 Å². The van der Waals surface area contributed by atoms with Crippen LogP contribution in [0.5, 0.6) is 0 Å². The molecule has 2 N–H and O–H groups in total. The summed E-state index contributed by atoms with van der Waals surface area (Å²) in [5, 5.41) is 13.7. The fourth-order valence-electron chi connectivity index (χ4n) is 1.11. The Bertz CT molecular complexity index is 445. The molecule has 0 radical (unpaired) electrons. The van der Waals surface area contributed by atoms with Gasteiger partial charge in [0.25, 0.3) is 0 Å². The van der Waals surface area contributed by atoms with Crippen molar-refractivity contribution in [2.24, 2.45) is 0 Å². The molecule has 0 saturated heterocycles. The van der Waals surface area contributed by atoms with E-state index in [0.29, 0.717) is 16.7 Å². The molecule has 0 atom stereocenters. The van der Waals surface area contributed by atoms with Gasteiger partial charge in [0.2, 0.25) is 5.91 Å². The molecule has 1 aromatic carbocycles. The van der Waals surface area contributed by atoms with Crippen LogP contribution in [0.3, 0.4) is 0 Å². The van der Waals surface area contributed by atoms with Crippen molar-refractivity contribution in [2.75, 3.05) is 18.4 Å². The molecule has 0 aliphatic rings. The SMILES string of the molecule is N#CCCNC(=O)CNc1ccc(F)c(Br)c1. The summed E-state index contributed by atoms with van der Waals surface area (Å²) in [5.41, 5.74) is 0.647. The summed E-state index contributed by atoms with van der Waals surface area (Å²) in [4.78, 5) is 11.3. The largest absolute Gasteiger partial charge is 0.376 e. The van der Waals surface area contributed by atoms with Gasteiger partial charge in [0, 0.05) is 12.2 Å². The minimum atomic E-state index is -0.353. The smallest absolute Gasteiger partial charge is 0.239 e. The number of nitriles is 1. The predicted octanol–water partition coefficient (Wildman–Crippen LogP) is 2.03. The topological polar surface area (TPSA) is 64.9 Å². The summed E-state index contributed by atoms with van der Waals surface area (Å²) in [6, 6.07) is 6.33. The van der Waals surface area contributed by atoms with E-state index in [4.69, 9.17) is 5.26 Å². The number of hydrogen-bond donors (Lipinski definition) is 2. The second-order valence-corrected chi connectivity index (χ2v) is 4.09. The average molecular weight is 300 g/mol. The average Bonchev–Trinajstić information content (AvgIpc) is 2.31. The zero-order valence-corrected chi connectivity index (χ0v) is 10.6. The maximum Gasteiger partial charge on any atom is 0.239 e. The second kappa shape index (κ2) is 6.86. The molecule has 1 rings (SSSR count). The molecule has 0 unspecified atom stereocenters. The number of amides is 1. The van der Waals surface area contributed by atoms with Crippen molar-refractivity contribution in [3.05, 3.63) is 28.5 Å². The summed E-state index contributed by atoms with van der Waals surface area (Å²) in [5.74, 6) is -0.560. The van der Waals surface area contributed by atoms with Crippen LogP contribution in [-0.4, -0.2) is 19.0 Å². The molecule has 1 amide bonds. The lowest BCUT2D eigenvalue weighted by molar-refractivity contribution is -0.119. The van der Waals surface area contributed by atoms with E-state index in [1.807, 2.05) is 6.07 Å². The molecular weight excluding hydrogens is 289 g/mol. The molecule has 0 heterocycles. The van der Waals surface area contributed by atoms with Crippen molar-refractivity contribution in [3.8, 4) is 6.07 Å². The van der Waals surface area contributed by atoms with Crippen LogP contribution in [-0.2, 0) is 4.79 Å². The fourth-order valence-corrected chi connectivity index (χ4v) is 1.49. The first kappa shape index (κ1) is 13.5. The van der Waals surface area contributed by atoms with E-state index in [-0.39, 0.29) is 24.7 Å². The predicted molar refractivity (Wildman–Crippen MR) is 65.8 cm³/mol. The van der Waals surface area contributed by atoms with E-state index in [0.717, 1.165) is 0 Å². The van der Waals surface area contributed by atoms with E-state index in [2.05, 4.69) is 26.6 Å². The first-order chi connectivity index (χ1) is 8.13. The summed E-state index contributed by atoms with van der Waals surface area (Å²) in [7, 11) is 0. The van der Waals surface area contributed by atoms with Crippen molar-refractivity contribution < 1.29 is 9.18 Å². The molecule has 90 valence electrons. The quantitative estimate of drug-likeness (QED) is 0.818. The van der Waals surface area contributed by atoms with Crippen molar-refractivity contribution in [1.82, 2.24) is 5.32 Å². The zero-order valence-electron chi connectivity index (χ0n) is 8.96.